The number of sulfonamides is 1. The number of benzene rings is 1. The smallest absolute Gasteiger partial charge is 0.320 e. The van der Waals surface area contributed by atoms with Gasteiger partial charge in [0.25, 0.3) is 0 Å². The van der Waals surface area contributed by atoms with Crippen molar-refractivity contribution < 1.29 is 17.9 Å². The van der Waals surface area contributed by atoms with E-state index in [0.717, 1.165) is 7.11 Å². The Hall–Kier alpha value is -0.530. The molecular weight excluding hydrogens is 325 g/mol. The highest BCUT2D eigenvalue weighted by molar-refractivity contribution is 7.89. The van der Waals surface area contributed by atoms with E-state index in [-0.39, 0.29) is 20.0 Å². The first kappa shape index (κ1) is 15.5. The fourth-order valence-corrected chi connectivity index (χ4v) is 3.59. The van der Waals surface area contributed by atoms with Crippen LogP contribution in [0.4, 0.5) is 0 Å². The quantitative estimate of drug-likeness (QED) is 0.857. The molecule has 0 aromatic heterocycles. The molecule has 0 saturated heterocycles. The van der Waals surface area contributed by atoms with Gasteiger partial charge in [-0.15, -0.1) is 0 Å². The molecule has 0 aliphatic rings. The lowest BCUT2D eigenvalue weighted by atomic mass is 10.4. The molecule has 0 fully saturated rings. The van der Waals surface area contributed by atoms with Crippen molar-refractivity contribution in [2.24, 2.45) is 0 Å². The number of hydrogen-bond acceptors (Lipinski definition) is 4. The molecule has 0 aliphatic heterocycles. The lowest BCUT2D eigenvalue weighted by Crippen LogP contribution is -2.30. The van der Waals surface area contributed by atoms with Crippen molar-refractivity contribution in [1.82, 2.24) is 4.72 Å². The van der Waals surface area contributed by atoms with Crippen LogP contribution in [0.5, 0.6) is 0 Å². The van der Waals surface area contributed by atoms with Gasteiger partial charge >= 0.3 is 5.97 Å². The number of halogens is 3. The number of nitrogens with one attached hydrogen (secondary N) is 1. The van der Waals surface area contributed by atoms with Crippen LogP contribution in [0.1, 0.15) is 0 Å². The van der Waals surface area contributed by atoms with Crippen molar-refractivity contribution in [3.63, 3.8) is 0 Å². The van der Waals surface area contributed by atoms with Gasteiger partial charge in [0, 0.05) is 5.02 Å². The molecule has 1 rings (SSSR count). The SMILES string of the molecule is COC(=O)CNS(=O)(=O)c1c(Cl)cc(Cl)cc1Cl. The predicted molar refractivity (Wildman–Crippen MR) is 68.7 cm³/mol. The third-order valence-corrected chi connectivity index (χ3v) is 4.41. The maximum Gasteiger partial charge on any atom is 0.320 e. The molecule has 0 saturated carbocycles. The van der Waals surface area contributed by atoms with Crippen LogP contribution in [-0.4, -0.2) is 28.0 Å². The van der Waals surface area contributed by atoms with E-state index in [4.69, 9.17) is 34.8 Å². The van der Waals surface area contributed by atoms with Gasteiger partial charge in [0.1, 0.15) is 11.4 Å². The second-order valence-corrected chi connectivity index (χ2v) is 6.05. The zero-order valence-corrected chi connectivity index (χ0v) is 12.1. The number of carbonyl (C=O) groups is 1. The second kappa shape index (κ2) is 6.08. The van der Waals surface area contributed by atoms with Crippen LogP contribution in [-0.2, 0) is 19.6 Å². The molecule has 5 nitrogen and oxygen atoms in total. The van der Waals surface area contributed by atoms with Crippen LogP contribution in [0.15, 0.2) is 17.0 Å². The third kappa shape index (κ3) is 3.73. The lowest BCUT2D eigenvalue weighted by molar-refractivity contribution is -0.139. The van der Waals surface area contributed by atoms with E-state index in [0.29, 0.717) is 0 Å². The number of carbonyl (C=O) groups excluding carboxylic acids is 1. The Kier molecular flexibility index (Phi) is 5.24. The molecule has 9 heteroatoms. The summed E-state index contributed by atoms with van der Waals surface area (Å²) < 4.78 is 30.1. The molecule has 100 valence electrons. The first-order valence-electron chi connectivity index (χ1n) is 4.49. The van der Waals surface area contributed by atoms with E-state index in [9.17, 15) is 13.2 Å². The Labute approximate surface area is 119 Å². The minimum atomic E-state index is -4.02. The van der Waals surface area contributed by atoms with Gasteiger partial charge in [0.15, 0.2) is 0 Å². The average molecular weight is 333 g/mol. The van der Waals surface area contributed by atoms with Crippen LogP contribution in [0.25, 0.3) is 0 Å². The standard InChI is InChI=1S/C9H8Cl3NO4S/c1-17-8(14)4-13-18(15,16)9-6(11)2-5(10)3-7(9)12/h2-3,13H,4H2,1H3. The van der Waals surface area contributed by atoms with E-state index < -0.39 is 22.5 Å². The minimum absolute atomic E-state index is 0.134. The summed E-state index contributed by atoms with van der Waals surface area (Å²) in [4.78, 5) is 10.5. The Morgan fingerprint density at radius 3 is 2.22 bits per heavy atom. The van der Waals surface area contributed by atoms with Gasteiger partial charge in [-0.05, 0) is 12.1 Å². The van der Waals surface area contributed by atoms with Crippen LogP contribution in [0.3, 0.4) is 0 Å². The van der Waals surface area contributed by atoms with Gasteiger partial charge in [-0.2, -0.15) is 4.72 Å². The second-order valence-electron chi connectivity index (χ2n) is 3.10. The summed E-state index contributed by atoms with van der Waals surface area (Å²) in [5.74, 6) is -0.736. The first-order chi connectivity index (χ1) is 8.27. The van der Waals surface area contributed by atoms with Crippen LogP contribution < -0.4 is 4.72 Å². The van der Waals surface area contributed by atoms with Gasteiger partial charge in [0.05, 0.1) is 17.2 Å². The predicted octanol–water partition coefficient (Wildman–Crippen LogP) is 2.10. The summed E-state index contributed by atoms with van der Waals surface area (Å²) in [6, 6.07) is 2.48. The number of esters is 1. The van der Waals surface area contributed by atoms with Crippen molar-refractivity contribution in [3.8, 4) is 0 Å². The van der Waals surface area contributed by atoms with Gasteiger partial charge in [0.2, 0.25) is 10.0 Å². The fraction of sp³-hybridized carbons (Fsp3) is 0.222. The molecule has 0 unspecified atom stereocenters. The normalized spacial score (nSPS) is 11.3. The molecule has 0 spiro atoms. The summed E-state index contributed by atoms with van der Waals surface area (Å²) in [6.45, 7) is -0.520. The first-order valence-corrected chi connectivity index (χ1v) is 7.10. The van der Waals surface area contributed by atoms with Gasteiger partial charge in [-0.25, -0.2) is 8.42 Å². The molecule has 0 amide bonds. The van der Waals surface area contributed by atoms with Gasteiger partial charge in [-0.1, -0.05) is 34.8 Å². The topological polar surface area (TPSA) is 72.5 Å². The maximum absolute atomic E-state index is 11.9. The van der Waals surface area contributed by atoms with Crippen LogP contribution >= 0.6 is 34.8 Å². The summed E-state index contributed by atoms with van der Waals surface area (Å²) in [7, 11) is -2.88. The third-order valence-electron chi connectivity index (χ3n) is 1.87. The zero-order chi connectivity index (χ0) is 13.9. The highest BCUT2D eigenvalue weighted by Gasteiger charge is 2.23. The van der Waals surface area contributed by atoms with Crippen molar-refractivity contribution in [3.05, 3.63) is 27.2 Å². The molecule has 0 aliphatic carbocycles. The highest BCUT2D eigenvalue weighted by atomic mass is 35.5. The Bertz CT molecular complexity index is 550. The van der Waals surface area contributed by atoms with Gasteiger partial charge in [-0.3, -0.25) is 4.79 Å². The summed E-state index contributed by atoms with van der Waals surface area (Å²) in [6.07, 6.45) is 0. The number of ether oxygens (including phenoxy) is 1. The lowest BCUT2D eigenvalue weighted by Gasteiger charge is -2.09. The molecule has 0 heterocycles. The van der Waals surface area contributed by atoms with Crippen LogP contribution in [0, 0.1) is 0 Å². The Morgan fingerprint density at radius 1 is 1.28 bits per heavy atom. The molecule has 1 aromatic carbocycles. The largest absolute Gasteiger partial charge is 0.468 e. The molecule has 18 heavy (non-hydrogen) atoms. The van der Waals surface area contributed by atoms with E-state index in [1.165, 1.54) is 12.1 Å². The van der Waals surface area contributed by atoms with Gasteiger partial charge < -0.3 is 4.74 Å². The van der Waals surface area contributed by atoms with E-state index in [1.54, 1.807) is 0 Å². The molecular formula is C9H8Cl3NO4S. The van der Waals surface area contributed by atoms with Crippen molar-refractivity contribution >= 4 is 50.8 Å². The van der Waals surface area contributed by atoms with E-state index in [2.05, 4.69) is 4.74 Å². The number of rotatable bonds is 4. The summed E-state index contributed by atoms with van der Waals surface area (Å²) >= 11 is 17.2. The monoisotopic (exact) mass is 331 g/mol. The molecule has 1 N–H and O–H groups in total. The minimum Gasteiger partial charge on any atom is -0.468 e. The molecule has 0 atom stereocenters. The van der Waals surface area contributed by atoms with Crippen molar-refractivity contribution in [1.29, 1.82) is 0 Å². The maximum atomic E-state index is 11.9. The molecule has 0 bridgehead atoms. The zero-order valence-electron chi connectivity index (χ0n) is 9.04. The fourth-order valence-electron chi connectivity index (χ4n) is 1.08. The molecule has 1 aromatic rings. The van der Waals surface area contributed by atoms with Crippen molar-refractivity contribution in [2.75, 3.05) is 13.7 Å². The Morgan fingerprint density at radius 2 is 1.78 bits per heavy atom. The van der Waals surface area contributed by atoms with Crippen LogP contribution in [0.2, 0.25) is 15.1 Å². The van der Waals surface area contributed by atoms with E-state index >= 15 is 0 Å². The number of methoxy groups -OCH3 is 1. The highest BCUT2D eigenvalue weighted by Crippen LogP contribution is 2.32. The number of hydrogen-bond donors (Lipinski definition) is 1. The Balaban J connectivity index is 3.10. The van der Waals surface area contributed by atoms with E-state index in [1.807, 2.05) is 4.72 Å². The average Bonchev–Trinajstić information content (AvgIpc) is 2.24. The molecule has 0 radical (unpaired) electrons. The summed E-state index contributed by atoms with van der Waals surface area (Å²) in [5.41, 5.74) is 0. The summed E-state index contributed by atoms with van der Waals surface area (Å²) in [5, 5.41) is -0.0633. The van der Waals surface area contributed by atoms with Crippen molar-refractivity contribution in [2.45, 2.75) is 4.90 Å².